The van der Waals surface area contributed by atoms with E-state index < -0.39 is 0 Å². The van der Waals surface area contributed by atoms with Crippen molar-refractivity contribution in [1.29, 1.82) is 0 Å². The third kappa shape index (κ3) is 3.40. The standard InChI is InChI=1S/C22H19ClN2O2/c1-15-12-17-4-2-3-5-20(17)25(15)22(27)18-8-11-21(26)24(14-18)13-16-6-9-19(23)10-7-16/h2-11,14-15H,12-13H2,1H3/t15-/m1/s1. The van der Waals surface area contributed by atoms with Crippen molar-refractivity contribution in [3.8, 4) is 0 Å². The van der Waals surface area contributed by atoms with Crippen molar-refractivity contribution in [3.05, 3.63) is 98.9 Å². The van der Waals surface area contributed by atoms with Crippen molar-refractivity contribution in [2.75, 3.05) is 4.90 Å². The topological polar surface area (TPSA) is 42.3 Å². The lowest BCUT2D eigenvalue weighted by molar-refractivity contribution is 0.0980. The summed E-state index contributed by atoms with van der Waals surface area (Å²) in [7, 11) is 0. The van der Waals surface area contributed by atoms with Crippen molar-refractivity contribution in [2.45, 2.75) is 25.9 Å². The third-order valence-corrected chi connectivity index (χ3v) is 5.17. The van der Waals surface area contributed by atoms with E-state index >= 15 is 0 Å². The zero-order valence-electron chi connectivity index (χ0n) is 14.9. The molecule has 0 saturated carbocycles. The highest BCUT2D eigenvalue weighted by atomic mass is 35.5. The molecule has 5 heteroatoms. The summed E-state index contributed by atoms with van der Waals surface area (Å²) in [6.45, 7) is 2.44. The quantitative estimate of drug-likeness (QED) is 0.687. The molecule has 1 atom stereocenters. The number of carbonyl (C=O) groups excluding carboxylic acids is 1. The molecule has 0 aliphatic carbocycles. The molecule has 2 heterocycles. The first-order valence-corrected chi connectivity index (χ1v) is 9.27. The summed E-state index contributed by atoms with van der Waals surface area (Å²) in [5, 5.41) is 0.650. The van der Waals surface area contributed by atoms with Crippen LogP contribution in [0.3, 0.4) is 0 Å². The predicted octanol–water partition coefficient (Wildman–Crippen LogP) is 4.14. The molecule has 1 aliphatic rings. The van der Waals surface area contributed by atoms with Crippen LogP contribution in [-0.4, -0.2) is 16.5 Å². The fraction of sp³-hybridized carbons (Fsp3) is 0.182. The molecule has 4 rings (SSSR count). The number of aromatic nitrogens is 1. The van der Waals surface area contributed by atoms with E-state index in [9.17, 15) is 9.59 Å². The highest BCUT2D eigenvalue weighted by Crippen LogP contribution is 2.32. The summed E-state index contributed by atoms with van der Waals surface area (Å²) >= 11 is 5.92. The summed E-state index contributed by atoms with van der Waals surface area (Å²) in [5.74, 6) is -0.0858. The minimum absolute atomic E-state index is 0.0858. The number of benzene rings is 2. The summed E-state index contributed by atoms with van der Waals surface area (Å²) in [6.07, 6.45) is 2.49. The van der Waals surface area contributed by atoms with Crippen LogP contribution in [0, 0.1) is 0 Å². The Labute approximate surface area is 162 Å². The largest absolute Gasteiger partial charge is 0.310 e. The van der Waals surface area contributed by atoms with Crippen LogP contribution >= 0.6 is 11.6 Å². The SMILES string of the molecule is C[C@@H]1Cc2ccccc2N1C(=O)c1ccc(=O)n(Cc2ccc(Cl)cc2)c1. The lowest BCUT2D eigenvalue weighted by atomic mass is 10.1. The number of para-hydroxylation sites is 1. The minimum atomic E-state index is -0.142. The molecule has 0 bridgehead atoms. The molecule has 1 amide bonds. The number of nitrogens with zero attached hydrogens (tertiary/aromatic N) is 2. The summed E-state index contributed by atoms with van der Waals surface area (Å²) in [4.78, 5) is 27.3. The Morgan fingerprint density at radius 3 is 2.59 bits per heavy atom. The molecule has 27 heavy (non-hydrogen) atoms. The normalized spacial score (nSPS) is 15.6. The van der Waals surface area contributed by atoms with Crippen LogP contribution in [0.2, 0.25) is 5.02 Å². The highest BCUT2D eigenvalue weighted by Gasteiger charge is 2.31. The number of anilines is 1. The molecule has 0 saturated heterocycles. The first-order valence-electron chi connectivity index (χ1n) is 8.89. The van der Waals surface area contributed by atoms with Gasteiger partial charge in [-0.2, -0.15) is 0 Å². The van der Waals surface area contributed by atoms with Gasteiger partial charge in [0.25, 0.3) is 11.5 Å². The Morgan fingerprint density at radius 1 is 1.07 bits per heavy atom. The maximum absolute atomic E-state index is 13.2. The van der Waals surface area contributed by atoms with Gasteiger partial charge in [0.05, 0.1) is 12.1 Å². The molecule has 136 valence electrons. The van der Waals surface area contributed by atoms with E-state index in [0.29, 0.717) is 17.1 Å². The second-order valence-electron chi connectivity index (χ2n) is 6.87. The molecule has 2 aromatic carbocycles. The molecular weight excluding hydrogens is 360 g/mol. The number of pyridine rings is 1. The van der Waals surface area contributed by atoms with Crippen LogP contribution in [0.25, 0.3) is 0 Å². The maximum atomic E-state index is 13.2. The van der Waals surface area contributed by atoms with Gasteiger partial charge in [-0.05, 0) is 48.7 Å². The Kier molecular flexibility index (Phi) is 4.58. The van der Waals surface area contributed by atoms with Crippen LogP contribution in [0.1, 0.15) is 28.4 Å². The van der Waals surface area contributed by atoms with E-state index in [1.165, 1.54) is 11.6 Å². The number of carbonyl (C=O) groups is 1. The molecule has 3 aromatic rings. The van der Waals surface area contributed by atoms with Crippen LogP contribution in [0.4, 0.5) is 5.69 Å². The second-order valence-corrected chi connectivity index (χ2v) is 7.30. The second kappa shape index (κ2) is 7.05. The third-order valence-electron chi connectivity index (χ3n) is 4.92. The lowest BCUT2D eigenvalue weighted by Crippen LogP contribution is -2.36. The van der Waals surface area contributed by atoms with Gasteiger partial charge in [0, 0.05) is 29.0 Å². The van der Waals surface area contributed by atoms with Crippen LogP contribution in [-0.2, 0) is 13.0 Å². The van der Waals surface area contributed by atoms with Crippen molar-refractivity contribution >= 4 is 23.2 Å². The van der Waals surface area contributed by atoms with Gasteiger partial charge in [0.1, 0.15) is 0 Å². The average Bonchev–Trinajstić information content (AvgIpc) is 3.00. The van der Waals surface area contributed by atoms with E-state index in [2.05, 4.69) is 6.07 Å². The molecular formula is C22H19ClN2O2. The number of hydrogen-bond donors (Lipinski definition) is 0. The van der Waals surface area contributed by atoms with Crippen LogP contribution in [0.5, 0.6) is 0 Å². The minimum Gasteiger partial charge on any atom is -0.310 e. The Bertz CT molecular complexity index is 1060. The van der Waals surface area contributed by atoms with Crippen molar-refractivity contribution in [3.63, 3.8) is 0 Å². The molecule has 0 unspecified atom stereocenters. The van der Waals surface area contributed by atoms with E-state index in [1.54, 1.807) is 29.0 Å². The Morgan fingerprint density at radius 2 is 1.81 bits per heavy atom. The number of fused-ring (bicyclic) bond motifs is 1. The number of halogens is 1. The van der Waals surface area contributed by atoms with Crippen molar-refractivity contribution in [2.24, 2.45) is 0 Å². The van der Waals surface area contributed by atoms with Gasteiger partial charge in [-0.15, -0.1) is 0 Å². The monoisotopic (exact) mass is 378 g/mol. The van der Waals surface area contributed by atoms with Gasteiger partial charge in [0.2, 0.25) is 0 Å². The molecule has 4 nitrogen and oxygen atoms in total. The number of hydrogen-bond acceptors (Lipinski definition) is 2. The fourth-order valence-corrected chi connectivity index (χ4v) is 3.71. The van der Waals surface area contributed by atoms with Gasteiger partial charge < -0.3 is 9.47 Å². The lowest BCUT2D eigenvalue weighted by Gasteiger charge is -2.23. The van der Waals surface area contributed by atoms with Gasteiger partial charge in [0.15, 0.2) is 0 Å². The average molecular weight is 379 g/mol. The molecule has 0 radical (unpaired) electrons. The van der Waals surface area contributed by atoms with Crippen molar-refractivity contribution in [1.82, 2.24) is 4.57 Å². The first kappa shape index (κ1) is 17.6. The zero-order valence-corrected chi connectivity index (χ0v) is 15.7. The van der Waals surface area contributed by atoms with Crippen molar-refractivity contribution < 1.29 is 4.79 Å². The zero-order chi connectivity index (χ0) is 19.0. The van der Waals surface area contributed by atoms with E-state index in [1.807, 2.05) is 42.2 Å². The predicted molar refractivity (Wildman–Crippen MR) is 108 cm³/mol. The fourth-order valence-electron chi connectivity index (χ4n) is 3.58. The van der Waals surface area contributed by atoms with Crippen LogP contribution in [0.15, 0.2) is 71.7 Å². The summed E-state index contributed by atoms with van der Waals surface area (Å²) in [5.41, 5.74) is 3.44. The molecule has 1 aromatic heterocycles. The van der Waals surface area contributed by atoms with Gasteiger partial charge in [-0.25, -0.2) is 0 Å². The van der Waals surface area contributed by atoms with Crippen LogP contribution < -0.4 is 10.5 Å². The molecule has 0 spiro atoms. The Hall–Kier alpha value is -2.85. The molecule has 1 aliphatic heterocycles. The highest BCUT2D eigenvalue weighted by molar-refractivity contribution is 6.30. The molecule has 0 N–H and O–H groups in total. The first-order chi connectivity index (χ1) is 13.0. The summed E-state index contributed by atoms with van der Waals surface area (Å²) in [6, 6.07) is 18.5. The van der Waals surface area contributed by atoms with Gasteiger partial charge in [-0.3, -0.25) is 9.59 Å². The van der Waals surface area contributed by atoms with E-state index in [-0.39, 0.29) is 17.5 Å². The van der Waals surface area contributed by atoms with E-state index in [4.69, 9.17) is 11.6 Å². The van der Waals surface area contributed by atoms with E-state index in [0.717, 1.165) is 17.7 Å². The molecule has 0 fully saturated rings. The smallest absolute Gasteiger partial charge is 0.260 e. The maximum Gasteiger partial charge on any atom is 0.260 e. The number of amides is 1. The van der Waals surface area contributed by atoms with Gasteiger partial charge in [-0.1, -0.05) is 41.9 Å². The summed E-state index contributed by atoms with van der Waals surface area (Å²) < 4.78 is 1.56. The number of rotatable bonds is 3. The van der Waals surface area contributed by atoms with Gasteiger partial charge >= 0.3 is 0 Å². The Balaban J connectivity index is 1.65.